The molecule has 1 aromatic carbocycles. The maximum absolute atomic E-state index is 12.9. The molecule has 0 saturated carbocycles. The van der Waals surface area contributed by atoms with E-state index in [0.717, 1.165) is 0 Å². The molecule has 4 N–H and O–H groups in total. The number of amides is 1. The van der Waals surface area contributed by atoms with E-state index < -0.39 is 11.7 Å². The number of halogens is 2. The van der Waals surface area contributed by atoms with Gasteiger partial charge >= 0.3 is 0 Å². The third-order valence-corrected chi connectivity index (χ3v) is 1.75. The number of carbonyl (C=O) groups excluding carboxylic acids is 1. The zero-order valence-corrected chi connectivity index (χ0v) is 6.73. The fourth-order valence-corrected chi connectivity index (χ4v) is 1.02. The van der Waals surface area contributed by atoms with Gasteiger partial charge in [-0.1, -0.05) is 11.6 Å². The Morgan fingerprint density at radius 1 is 1.50 bits per heavy atom. The van der Waals surface area contributed by atoms with Gasteiger partial charge in [-0.25, -0.2) is 4.39 Å². The number of nitrogens with two attached hydrogens (primary N) is 2. The highest BCUT2D eigenvalue weighted by Gasteiger charge is 2.12. The monoisotopic (exact) mass is 188 g/mol. The number of carbonyl (C=O) groups is 1. The zero-order chi connectivity index (χ0) is 9.30. The van der Waals surface area contributed by atoms with Crippen molar-refractivity contribution in [2.45, 2.75) is 0 Å². The van der Waals surface area contributed by atoms with Crippen molar-refractivity contribution in [3.8, 4) is 0 Å². The summed E-state index contributed by atoms with van der Waals surface area (Å²) < 4.78 is 12.9. The average molecular weight is 189 g/mol. The maximum atomic E-state index is 12.9. The predicted octanol–water partition coefficient (Wildman–Crippen LogP) is 1.16. The molecular formula is C7H6ClFN2O. The van der Waals surface area contributed by atoms with Crippen molar-refractivity contribution in [1.29, 1.82) is 0 Å². The Kier molecular flexibility index (Phi) is 2.19. The highest BCUT2D eigenvalue weighted by Crippen LogP contribution is 2.23. The fourth-order valence-electron chi connectivity index (χ4n) is 0.755. The number of nitrogen functional groups attached to an aromatic ring is 1. The standard InChI is InChI=1S/C7H6ClFN2O/c8-5-3(7(11)12)1-2-4(10)6(5)9/h1-2H,10H2,(H2,11,12). The van der Waals surface area contributed by atoms with E-state index in [0.29, 0.717) is 0 Å². The molecule has 0 unspecified atom stereocenters. The van der Waals surface area contributed by atoms with Crippen molar-refractivity contribution in [1.82, 2.24) is 0 Å². The first-order chi connectivity index (χ1) is 5.54. The Labute approximate surface area is 73.1 Å². The van der Waals surface area contributed by atoms with E-state index in [1.165, 1.54) is 12.1 Å². The lowest BCUT2D eigenvalue weighted by atomic mass is 10.2. The van der Waals surface area contributed by atoms with E-state index in [4.69, 9.17) is 23.1 Å². The molecule has 0 saturated heterocycles. The summed E-state index contributed by atoms with van der Waals surface area (Å²) in [6.07, 6.45) is 0. The highest BCUT2D eigenvalue weighted by molar-refractivity contribution is 6.34. The van der Waals surface area contributed by atoms with Crippen LogP contribution in [0.2, 0.25) is 5.02 Å². The molecule has 5 heteroatoms. The van der Waals surface area contributed by atoms with E-state index >= 15 is 0 Å². The van der Waals surface area contributed by atoms with Crippen molar-refractivity contribution in [3.63, 3.8) is 0 Å². The SMILES string of the molecule is NC(=O)c1ccc(N)c(F)c1Cl. The minimum absolute atomic E-state index is 0.0663. The van der Waals surface area contributed by atoms with Crippen LogP contribution in [0.25, 0.3) is 0 Å². The van der Waals surface area contributed by atoms with Crippen LogP contribution in [0.5, 0.6) is 0 Å². The van der Waals surface area contributed by atoms with Crippen LogP contribution in [0.4, 0.5) is 10.1 Å². The van der Waals surface area contributed by atoms with Crippen molar-refractivity contribution >= 4 is 23.2 Å². The van der Waals surface area contributed by atoms with Crippen LogP contribution in [0.3, 0.4) is 0 Å². The lowest BCUT2D eigenvalue weighted by molar-refractivity contribution is 0.1000. The van der Waals surface area contributed by atoms with Gasteiger partial charge in [0.25, 0.3) is 0 Å². The molecule has 1 rings (SSSR count). The van der Waals surface area contributed by atoms with Gasteiger partial charge in [0, 0.05) is 0 Å². The second-order valence-electron chi connectivity index (χ2n) is 2.19. The quantitative estimate of drug-likeness (QED) is 0.650. The lowest BCUT2D eigenvalue weighted by Crippen LogP contribution is -2.12. The van der Waals surface area contributed by atoms with Gasteiger partial charge in [-0.2, -0.15) is 0 Å². The number of anilines is 1. The van der Waals surface area contributed by atoms with Gasteiger partial charge in [0.15, 0.2) is 5.82 Å². The predicted molar refractivity (Wildman–Crippen MR) is 44.3 cm³/mol. The molecule has 0 atom stereocenters. The molecule has 1 aromatic rings. The summed E-state index contributed by atoms with van der Waals surface area (Å²) in [7, 11) is 0. The Morgan fingerprint density at radius 2 is 2.08 bits per heavy atom. The molecule has 0 heterocycles. The summed E-state index contributed by atoms with van der Waals surface area (Å²) in [5.74, 6) is -1.59. The summed E-state index contributed by atoms with van der Waals surface area (Å²) in [6, 6.07) is 2.52. The maximum Gasteiger partial charge on any atom is 0.250 e. The first kappa shape index (κ1) is 8.80. The molecule has 0 radical (unpaired) electrons. The first-order valence-corrected chi connectivity index (χ1v) is 3.45. The highest BCUT2D eigenvalue weighted by atomic mass is 35.5. The van der Waals surface area contributed by atoms with Crippen LogP contribution in [0.15, 0.2) is 12.1 Å². The lowest BCUT2D eigenvalue weighted by Gasteiger charge is -2.02. The molecule has 3 nitrogen and oxygen atoms in total. The Balaban J connectivity index is 3.36. The third-order valence-electron chi connectivity index (χ3n) is 1.38. The minimum Gasteiger partial charge on any atom is -0.396 e. The van der Waals surface area contributed by atoms with Gasteiger partial charge in [-0.15, -0.1) is 0 Å². The number of benzene rings is 1. The molecule has 1 amide bonds. The molecule has 0 aliphatic heterocycles. The van der Waals surface area contributed by atoms with Crippen LogP contribution < -0.4 is 11.5 Å². The van der Waals surface area contributed by atoms with Crippen molar-refractivity contribution < 1.29 is 9.18 Å². The largest absolute Gasteiger partial charge is 0.396 e. The summed E-state index contributed by atoms with van der Waals surface area (Å²) in [6.45, 7) is 0. The van der Waals surface area contributed by atoms with Crippen LogP contribution in [-0.4, -0.2) is 5.91 Å². The van der Waals surface area contributed by atoms with E-state index in [-0.39, 0.29) is 16.3 Å². The van der Waals surface area contributed by atoms with Crippen molar-refractivity contribution in [2.24, 2.45) is 5.73 Å². The molecule has 0 fully saturated rings. The van der Waals surface area contributed by atoms with Crippen LogP contribution in [-0.2, 0) is 0 Å². The Bertz CT molecular complexity index is 340. The van der Waals surface area contributed by atoms with E-state index in [9.17, 15) is 9.18 Å². The van der Waals surface area contributed by atoms with Gasteiger partial charge < -0.3 is 11.5 Å². The molecule has 12 heavy (non-hydrogen) atoms. The Morgan fingerprint density at radius 3 is 2.58 bits per heavy atom. The molecular weight excluding hydrogens is 183 g/mol. The van der Waals surface area contributed by atoms with Gasteiger partial charge in [0.1, 0.15) is 0 Å². The number of hydrogen-bond donors (Lipinski definition) is 2. The summed E-state index contributed by atoms with van der Waals surface area (Å²) in [4.78, 5) is 10.6. The Hall–Kier alpha value is -1.29. The number of hydrogen-bond acceptors (Lipinski definition) is 2. The smallest absolute Gasteiger partial charge is 0.250 e. The molecule has 0 aliphatic carbocycles. The van der Waals surface area contributed by atoms with E-state index in [1.54, 1.807) is 0 Å². The van der Waals surface area contributed by atoms with Crippen LogP contribution in [0, 0.1) is 5.82 Å². The molecule has 0 aromatic heterocycles. The fraction of sp³-hybridized carbons (Fsp3) is 0. The van der Waals surface area contributed by atoms with E-state index in [1.807, 2.05) is 0 Å². The molecule has 0 spiro atoms. The molecule has 0 bridgehead atoms. The summed E-state index contributed by atoms with van der Waals surface area (Å²) in [5, 5.41) is -0.331. The van der Waals surface area contributed by atoms with E-state index in [2.05, 4.69) is 0 Å². The average Bonchev–Trinajstić information content (AvgIpc) is 2.00. The van der Waals surface area contributed by atoms with Crippen LogP contribution in [0.1, 0.15) is 10.4 Å². The second-order valence-corrected chi connectivity index (χ2v) is 2.57. The van der Waals surface area contributed by atoms with Crippen LogP contribution >= 0.6 is 11.6 Å². The molecule has 0 aliphatic rings. The normalized spacial score (nSPS) is 9.83. The summed E-state index contributed by atoms with van der Waals surface area (Å²) >= 11 is 5.44. The third kappa shape index (κ3) is 1.33. The van der Waals surface area contributed by atoms with Crippen molar-refractivity contribution in [2.75, 3.05) is 5.73 Å². The number of rotatable bonds is 1. The topological polar surface area (TPSA) is 69.1 Å². The first-order valence-electron chi connectivity index (χ1n) is 3.07. The number of primary amides is 1. The second kappa shape index (κ2) is 2.98. The van der Waals surface area contributed by atoms with Crippen molar-refractivity contribution in [3.05, 3.63) is 28.5 Å². The molecule has 64 valence electrons. The van der Waals surface area contributed by atoms with Gasteiger partial charge in [0.05, 0.1) is 16.3 Å². The summed E-state index contributed by atoms with van der Waals surface area (Å²) in [5.41, 5.74) is 9.91. The van der Waals surface area contributed by atoms with Gasteiger partial charge in [-0.3, -0.25) is 4.79 Å². The van der Waals surface area contributed by atoms with Gasteiger partial charge in [0.2, 0.25) is 5.91 Å². The minimum atomic E-state index is -0.812. The zero-order valence-electron chi connectivity index (χ0n) is 5.97. The van der Waals surface area contributed by atoms with Gasteiger partial charge in [-0.05, 0) is 12.1 Å².